The van der Waals surface area contributed by atoms with E-state index < -0.39 is 0 Å². The highest BCUT2D eigenvalue weighted by atomic mass is 35.5. The molecule has 3 aromatic rings. The van der Waals surface area contributed by atoms with Crippen LogP contribution in [-0.4, -0.2) is 0 Å². The zero-order valence-corrected chi connectivity index (χ0v) is 13.0. The van der Waals surface area contributed by atoms with E-state index in [0.717, 1.165) is 0 Å². The molecule has 0 aromatic heterocycles. The number of fused-ring (bicyclic) bond motifs is 2. The normalized spacial score (nSPS) is 14.6. The summed E-state index contributed by atoms with van der Waals surface area (Å²) in [4.78, 5) is 0. The summed E-state index contributed by atoms with van der Waals surface area (Å²) in [6.07, 6.45) is 0. The Morgan fingerprint density at radius 1 is 0.600 bits per heavy atom. The first-order chi connectivity index (χ1) is 9.61. The summed E-state index contributed by atoms with van der Waals surface area (Å²) >= 11 is 12.9. The van der Waals surface area contributed by atoms with Gasteiger partial charge in [0, 0.05) is 0 Å². The molecule has 0 bridgehead atoms. The molecule has 3 aromatic carbocycles. The van der Waals surface area contributed by atoms with Crippen LogP contribution in [0.25, 0.3) is 21.5 Å². The molecular formula is C18H16Cl2. The van der Waals surface area contributed by atoms with Crippen LogP contribution in [0.1, 0.15) is 35.7 Å². The van der Waals surface area contributed by atoms with Crippen LogP contribution in [0.2, 0.25) is 0 Å². The molecule has 0 N–H and O–H groups in total. The number of hydrogen-bond donors (Lipinski definition) is 0. The molecule has 3 rings (SSSR count). The molecule has 0 nitrogen and oxygen atoms in total. The first-order valence-corrected chi connectivity index (χ1v) is 7.70. The maximum absolute atomic E-state index is 6.46. The lowest BCUT2D eigenvalue weighted by Crippen LogP contribution is -1.96. The summed E-state index contributed by atoms with van der Waals surface area (Å²) in [6.45, 7) is 4.05. The van der Waals surface area contributed by atoms with Gasteiger partial charge in [-0.15, -0.1) is 23.2 Å². The van der Waals surface area contributed by atoms with Crippen molar-refractivity contribution in [1.82, 2.24) is 0 Å². The molecule has 0 fully saturated rings. The topological polar surface area (TPSA) is 0 Å². The fourth-order valence-electron chi connectivity index (χ4n) is 3.05. The van der Waals surface area contributed by atoms with Crippen molar-refractivity contribution in [1.29, 1.82) is 0 Å². The summed E-state index contributed by atoms with van der Waals surface area (Å²) in [5, 5.41) is 4.74. The minimum absolute atomic E-state index is 0.0375. The van der Waals surface area contributed by atoms with Crippen LogP contribution < -0.4 is 0 Å². The van der Waals surface area contributed by atoms with Gasteiger partial charge in [0.15, 0.2) is 0 Å². The maximum atomic E-state index is 6.46. The highest BCUT2D eigenvalue weighted by Gasteiger charge is 2.18. The molecule has 2 atom stereocenters. The fourth-order valence-corrected chi connectivity index (χ4v) is 3.52. The lowest BCUT2D eigenvalue weighted by Gasteiger charge is -2.19. The molecule has 2 unspecified atom stereocenters. The van der Waals surface area contributed by atoms with Crippen molar-refractivity contribution < 1.29 is 0 Å². The van der Waals surface area contributed by atoms with E-state index in [2.05, 4.69) is 48.5 Å². The Hall–Kier alpha value is -1.24. The SMILES string of the molecule is CC(Cl)c1c2ccccc2c(C(C)Cl)c2ccccc12. The Morgan fingerprint density at radius 2 is 0.850 bits per heavy atom. The Bertz CT molecular complexity index is 650. The van der Waals surface area contributed by atoms with E-state index in [-0.39, 0.29) is 10.8 Å². The molecule has 0 aliphatic rings. The molecule has 0 saturated heterocycles. The molecule has 0 amide bonds. The van der Waals surface area contributed by atoms with Gasteiger partial charge in [0.1, 0.15) is 0 Å². The molecule has 102 valence electrons. The van der Waals surface area contributed by atoms with Gasteiger partial charge in [-0.05, 0) is 46.5 Å². The van der Waals surface area contributed by atoms with Crippen LogP contribution in [0, 0.1) is 0 Å². The predicted molar refractivity (Wildman–Crippen MR) is 90.0 cm³/mol. The average Bonchev–Trinajstić information content (AvgIpc) is 2.43. The van der Waals surface area contributed by atoms with Gasteiger partial charge in [-0.1, -0.05) is 48.5 Å². The minimum atomic E-state index is -0.0375. The van der Waals surface area contributed by atoms with E-state index >= 15 is 0 Å². The Kier molecular flexibility index (Phi) is 3.62. The van der Waals surface area contributed by atoms with Crippen molar-refractivity contribution in [3.8, 4) is 0 Å². The number of halogens is 2. The Balaban J connectivity index is 2.62. The monoisotopic (exact) mass is 302 g/mol. The van der Waals surface area contributed by atoms with Crippen LogP contribution in [-0.2, 0) is 0 Å². The van der Waals surface area contributed by atoms with Gasteiger partial charge >= 0.3 is 0 Å². The van der Waals surface area contributed by atoms with E-state index in [1.54, 1.807) is 0 Å². The second-order valence-corrected chi connectivity index (χ2v) is 6.46. The van der Waals surface area contributed by atoms with Crippen molar-refractivity contribution in [3.63, 3.8) is 0 Å². The quantitative estimate of drug-likeness (QED) is 0.370. The predicted octanol–water partition coefficient (Wildman–Crippen LogP) is 6.59. The molecule has 0 aliphatic carbocycles. The van der Waals surface area contributed by atoms with Gasteiger partial charge in [-0.2, -0.15) is 0 Å². The zero-order valence-electron chi connectivity index (χ0n) is 11.5. The van der Waals surface area contributed by atoms with Crippen LogP contribution in [0.15, 0.2) is 48.5 Å². The van der Waals surface area contributed by atoms with Crippen LogP contribution >= 0.6 is 23.2 Å². The van der Waals surface area contributed by atoms with E-state index in [1.165, 1.54) is 32.7 Å². The van der Waals surface area contributed by atoms with Crippen molar-refractivity contribution >= 4 is 44.7 Å². The second kappa shape index (κ2) is 5.27. The number of alkyl halides is 2. The summed E-state index contributed by atoms with van der Waals surface area (Å²) in [7, 11) is 0. The highest BCUT2D eigenvalue weighted by molar-refractivity contribution is 6.26. The second-order valence-electron chi connectivity index (χ2n) is 5.15. The highest BCUT2D eigenvalue weighted by Crippen LogP contribution is 2.41. The van der Waals surface area contributed by atoms with Gasteiger partial charge in [0.25, 0.3) is 0 Å². The third kappa shape index (κ3) is 2.08. The maximum Gasteiger partial charge on any atom is 0.0569 e. The van der Waals surface area contributed by atoms with Crippen LogP contribution in [0.5, 0.6) is 0 Å². The molecular weight excluding hydrogens is 287 g/mol. The lowest BCUT2D eigenvalue weighted by atomic mass is 9.89. The summed E-state index contributed by atoms with van der Waals surface area (Å²) in [5.41, 5.74) is 2.39. The molecule has 20 heavy (non-hydrogen) atoms. The van der Waals surface area contributed by atoms with Gasteiger partial charge in [-0.3, -0.25) is 0 Å². The third-order valence-electron chi connectivity index (χ3n) is 3.81. The number of benzene rings is 3. The van der Waals surface area contributed by atoms with Gasteiger partial charge in [-0.25, -0.2) is 0 Å². The third-order valence-corrected chi connectivity index (χ3v) is 4.25. The minimum Gasteiger partial charge on any atom is -0.118 e. The van der Waals surface area contributed by atoms with Crippen molar-refractivity contribution in [2.45, 2.75) is 24.6 Å². The fraction of sp³-hybridized carbons (Fsp3) is 0.222. The van der Waals surface area contributed by atoms with Gasteiger partial charge < -0.3 is 0 Å². The Morgan fingerprint density at radius 3 is 1.05 bits per heavy atom. The van der Waals surface area contributed by atoms with Crippen molar-refractivity contribution in [2.75, 3.05) is 0 Å². The number of hydrogen-bond acceptors (Lipinski definition) is 0. The average molecular weight is 303 g/mol. The van der Waals surface area contributed by atoms with E-state index in [1.807, 2.05) is 13.8 Å². The lowest BCUT2D eigenvalue weighted by molar-refractivity contribution is 1.10. The summed E-state index contributed by atoms with van der Waals surface area (Å²) < 4.78 is 0. The standard InChI is InChI=1S/C18H16Cl2/c1-11(19)17-13-7-3-5-9-15(13)18(12(2)20)16-10-6-4-8-14(16)17/h3-12H,1-2H3. The molecule has 0 saturated carbocycles. The van der Waals surface area contributed by atoms with E-state index in [9.17, 15) is 0 Å². The van der Waals surface area contributed by atoms with Crippen LogP contribution in [0.4, 0.5) is 0 Å². The first kappa shape index (κ1) is 13.7. The summed E-state index contributed by atoms with van der Waals surface area (Å²) in [6, 6.07) is 16.8. The summed E-state index contributed by atoms with van der Waals surface area (Å²) in [5.74, 6) is 0. The van der Waals surface area contributed by atoms with Gasteiger partial charge in [0.2, 0.25) is 0 Å². The van der Waals surface area contributed by atoms with Gasteiger partial charge in [0.05, 0.1) is 10.8 Å². The zero-order chi connectivity index (χ0) is 14.3. The Labute approximate surface area is 129 Å². The van der Waals surface area contributed by atoms with Crippen molar-refractivity contribution in [3.05, 3.63) is 59.7 Å². The van der Waals surface area contributed by atoms with Crippen LogP contribution in [0.3, 0.4) is 0 Å². The molecule has 2 heteroatoms. The number of rotatable bonds is 2. The van der Waals surface area contributed by atoms with E-state index in [0.29, 0.717) is 0 Å². The smallest absolute Gasteiger partial charge is 0.0569 e. The molecule has 0 aliphatic heterocycles. The largest absolute Gasteiger partial charge is 0.118 e. The molecule has 0 radical (unpaired) electrons. The van der Waals surface area contributed by atoms with Crippen molar-refractivity contribution in [2.24, 2.45) is 0 Å². The molecule has 0 spiro atoms. The first-order valence-electron chi connectivity index (χ1n) is 6.82. The van der Waals surface area contributed by atoms with E-state index in [4.69, 9.17) is 23.2 Å². The molecule has 0 heterocycles.